The summed E-state index contributed by atoms with van der Waals surface area (Å²) < 4.78 is 5.24. The van der Waals surface area contributed by atoms with Gasteiger partial charge in [0.1, 0.15) is 5.75 Å². The second-order valence-electron chi connectivity index (χ2n) is 4.26. The van der Waals surface area contributed by atoms with Crippen molar-refractivity contribution in [3.05, 3.63) is 23.2 Å². The molecule has 0 spiro atoms. The molecule has 1 aromatic carbocycles. The fourth-order valence-electron chi connectivity index (χ4n) is 2.22. The molecule has 0 aliphatic carbocycles. The van der Waals surface area contributed by atoms with E-state index in [1.807, 2.05) is 6.92 Å². The molecule has 0 saturated carbocycles. The van der Waals surface area contributed by atoms with E-state index in [4.69, 9.17) is 21.6 Å². The van der Waals surface area contributed by atoms with Crippen molar-refractivity contribution in [3.8, 4) is 11.8 Å². The van der Waals surface area contributed by atoms with Crippen molar-refractivity contribution in [2.24, 2.45) is 5.92 Å². The highest BCUT2D eigenvalue weighted by molar-refractivity contribution is 6.31. The lowest BCUT2D eigenvalue weighted by atomic mass is 10.0. The van der Waals surface area contributed by atoms with Crippen molar-refractivity contribution >= 4 is 23.2 Å². The van der Waals surface area contributed by atoms with Gasteiger partial charge in [0.05, 0.1) is 30.8 Å². The Morgan fingerprint density at radius 3 is 2.83 bits per heavy atom. The maximum absolute atomic E-state index is 12.0. The third kappa shape index (κ3) is 2.02. The van der Waals surface area contributed by atoms with Gasteiger partial charge in [-0.05, 0) is 25.1 Å². The number of hydrogen-bond acceptors (Lipinski definition) is 3. The summed E-state index contributed by atoms with van der Waals surface area (Å²) in [5.74, 6) is 0.217. The predicted octanol–water partition coefficient (Wildman–Crippen LogP) is 2.61. The van der Waals surface area contributed by atoms with Crippen LogP contribution in [0.2, 0.25) is 5.02 Å². The van der Waals surface area contributed by atoms with E-state index in [1.54, 1.807) is 30.2 Å². The first-order valence-corrected chi connectivity index (χ1v) is 6.01. The summed E-state index contributed by atoms with van der Waals surface area (Å²) >= 11 is 5.96. The highest BCUT2D eigenvalue weighted by Gasteiger charge is 2.39. The number of nitriles is 1. The number of carbonyl (C=O) groups excluding carboxylic acids is 1. The van der Waals surface area contributed by atoms with E-state index >= 15 is 0 Å². The summed E-state index contributed by atoms with van der Waals surface area (Å²) in [6, 6.07) is 7.10. The molecule has 1 heterocycles. The average molecular weight is 265 g/mol. The smallest absolute Gasteiger partial charge is 0.228 e. The van der Waals surface area contributed by atoms with Crippen LogP contribution in [0.15, 0.2) is 18.2 Å². The largest absolute Gasteiger partial charge is 0.495 e. The van der Waals surface area contributed by atoms with Crippen LogP contribution in [0.25, 0.3) is 0 Å². The van der Waals surface area contributed by atoms with E-state index in [-0.39, 0.29) is 24.3 Å². The Morgan fingerprint density at radius 2 is 2.28 bits per heavy atom. The van der Waals surface area contributed by atoms with Gasteiger partial charge < -0.3 is 9.64 Å². The van der Waals surface area contributed by atoms with Crippen molar-refractivity contribution in [1.82, 2.24) is 0 Å². The van der Waals surface area contributed by atoms with Crippen LogP contribution in [-0.4, -0.2) is 19.1 Å². The van der Waals surface area contributed by atoms with Gasteiger partial charge >= 0.3 is 0 Å². The third-order valence-corrected chi connectivity index (χ3v) is 3.45. The Morgan fingerprint density at radius 1 is 1.56 bits per heavy atom. The molecule has 5 heteroatoms. The number of benzene rings is 1. The standard InChI is InChI=1S/C13H13ClN2O2/c1-8-9(7-15)5-13(17)16(8)11-6-10(14)3-4-12(11)18-2/h3-4,6,8-9H,5H2,1-2H3. The van der Waals surface area contributed by atoms with Gasteiger partial charge in [-0.3, -0.25) is 4.79 Å². The number of halogens is 1. The van der Waals surface area contributed by atoms with Gasteiger partial charge in [0.25, 0.3) is 0 Å². The predicted molar refractivity (Wildman–Crippen MR) is 68.7 cm³/mol. The zero-order valence-electron chi connectivity index (χ0n) is 10.2. The zero-order chi connectivity index (χ0) is 13.3. The van der Waals surface area contributed by atoms with Crippen molar-refractivity contribution in [2.45, 2.75) is 19.4 Å². The van der Waals surface area contributed by atoms with Crippen LogP contribution in [0.1, 0.15) is 13.3 Å². The highest BCUT2D eigenvalue weighted by atomic mass is 35.5. The summed E-state index contributed by atoms with van der Waals surface area (Å²) in [6.07, 6.45) is 0.243. The van der Waals surface area contributed by atoms with Crippen LogP contribution in [0.5, 0.6) is 5.75 Å². The van der Waals surface area contributed by atoms with Crippen molar-refractivity contribution < 1.29 is 9.53 Å². The third-order valence-electron chi connectivity index (χ3n) is 3.22. The molecular formula is C13H13ClN2O2. The second-order valence-corrected chi connectivity index (χ2v) is 4.70. The van der Waals surface area contributed by atoms with Gasteiger partial charge in [-0.2, -0.15) is 5.26 Å². The molecule has 0 radical (unpaired) electrons. The minimum Gasteiger partial charge on any atom is -0.495 e. The highest BCUT2D eigenvalue weighted by Crippen LogP contribution is 2.37. The Hall–Kier alpha value is -1.73. The molecule has 1 fully saturated rings. The van der Waals surface area contributed by atoms with Crippen LogP contribution in [-0.2, 0) is 4.79 Å². The molecule has 1 saturated heterocycles. The van der Waals surface area contributed by atoms with E-state index in [2.05, 4.69) is 6.07 Å². The van der Waals surface area contributed by atoms with E-state index < -0.39 is 0 Å². The van der Waals surface area contributed by atoms with Crippen molar-refractivity contribution in [2.75, 3.05) is 12.0 Å². The SMILES string of the molecule is COc1ccc(Cl)cc1N1C(=O)CC(C#N)C1C. The van der Waals surface area contributed by atoms with Crippen LogP contribution in [0.3, 0.4) is 0 Å². The first kappa shape index (κ1) is 12.7. The van der Waals surface area contributed by atoms with Gasteiger partial charge in [0.15, 0.2) is 0 Å². The number of carbonyl (C=O) groups is 1. The van der Waals surface area contributed by atoms with Crippen molar-refractivity contribution in [1.29, 1.82) is 5.26 Å². The van der Waals surface area contributed by atoms with Crippen molar-refractivity contribution in [3.63, 3.8) is 0 Å². The Labute approximate surface area is 111 Å². The van der Waals surface area contributed by atoms with Crippen LogP contribution in [0, 0.1) is 17.2 Å². The fourth-order valence-corrected chi connectivity index (χ4v) is 2.39. The summed E-state index contributed by atoms with van der Waals surface area (Å²) in [5, 5.41) is 9.55. The van der Waals surface area contributed by atoms with E-state index in [0.717, 1.165) is 0 Å². The number of rotatable bonds is 2. The van der Waals surface area contributed by atoms with Gasteiger partial charge in [-0.15, -0.1) is 0 Å². The van der Waals surface area contributed by atoms with Crippen LogP contribution >= 0.6 is 11.6 Å². The van der Waals surface area contributed by atoms with Crippen LogP contribution in [0.4, 0.5) is 5.69 Å². The van der Waals surface area contributed by atoms with E-state index in [0.29, 0.717) is 16.5 Å². The summed E-state index contributed by atoms with van der Waals surface area (Å²) in [4.78, 5) is 13.6. The minimum absolute atomic E-state index is 0.0744. The second kappa shape index (κ2) is 4.87. The Kier molecular flexibility index (Phi) is 3.44. The molecule has 0 bridgehead atoms. The van der Waals surface area contributed by atoms with E-state index in [9.17, 15) is 4.79 Å². The van der Waals surface area contributed by atoms with Gasteiger partial charge in [0, 0.05) is 11.4 Å². The molecule has 2 rings (SSSR count). The van der Waals surface area contributed by atoms with E-state index in [1.165, 1.54) is 0 Å². The molecule has 4 nitrogen and oxygen atoms in total. The average Bonchev–Trinajstić information content (AvgIpc) is 2.64. The molecular weight excluding hydrogens is 252 g/mol. The molecule has 1 aromatic rings. The number of nitrogens with zero attached hydrogens (tertiary/aromatic N) is 2. The van der Waals surface area contributed by atoms with Gasteiger partial charge in [-0.25, -0.2) is 0 Å². The molecule has 2 atom stereocenters. The van der Waals surface area contributed by atoms with Crippen LogP contribution < -0.4 is 9.64 Å². The molecule has 1 amide bonds. The molecule has 0 aromatic heterocycles. The fraction of sp³-hybridized carbons (Fsp3) is 0.385. The first-order chi connectivity index (χ1) is 8.58. The minimum atomic E-state index is -0.291. The first-order valence-electron chi connectivity index (χ1n) is 5.63. The summed E-state index contributed by atoms with van der Waals surface area (Å²) in [6.45, 7) is 1.86. The number of hydrogen-bond donors (Lipinski definition) is 0. The number of ether oxygens (including phenoxy) is 1. The molecule has 94 valence electrons. The molecule has 0 N–H and O–H groups in total. The maximum atomic E-state index is 12.0. The Balaban J connectivity index is 2.46. The van der Waals surface area contributed by atoms with Gasteiger partial charge in [0.2, 0.25) is 5.91 Å². The lowest BCUT2D eigenvalue weighted by Gasteiger charge is -2.24. The molecule has 1 aliphatic heterocycles. The quantitative estimate of drug-likeness (QED) is 0.825. The number of methoxy groups -OCH3 is 1. The zero-order valence-corrected chi connectivity index (χ0v) is 10.9. The summed E-state index contributed by atoms with van der Waals surface area (Å²) in [5.41, 5.74) is 0.625. The van der Waals surface area contributed by atoms with Gasteiger partial charge in [-0.1, -0.05) is 11.6 Å². The number of amides is 1. The summed E-state index contributed by atoms with van der Waals surface area (Å²) in [7, 11) is 1.54. The molecule has 2 unspecified atom stereocenters. The lowest BCUT2D eigenvalue weighted by molar-refractivity contribution is -0.117. The monoisotopic (exact) mass is 264 g/mol. The number of anilines is 1. The molecule has 1 aliphatic rings. The topological polar surface area (TPSA) is 53.3 Å². The maximum Gasteiger partial charge on any atom is 0.228 e. The Bertz CT molecular complexity index is 524. The molecule has 18 heavy (non-hydrogen) atoms. The lowest BCUT2D eigenvalue weighted by Crippen LogP contribution is -2.32. The normalized spacial score (nSPS) is 23.0.